The highest BCUT2D eigenvalue weighted by molar-refractivity contribution is 5.81. The number of piperazine rings is 1. The van der Waals surface area contributed by atoms with Crippen molar-refractivity contribution in [3.05, 3.63) is 12.7 Å². The van der Waals surface area contributed by atoms with Crippen molar-refractivity contribution in [3.8, 4) is 0 Å². The topological polar surface area (TPSA) is 61.9 Å². The van der Waals surface area contributed by atoms with Gasteiger partial charge in [-0.05, 0) is 26.2 Å². The summed E-state index contributed by atoms with van der Waals surface area (Å²) < 4.78 is 5.52. The van der Waals surface area contributed by atoms with Crippen LogP contribution in [0, 0.1) is 0 Å². The number of hydrogen-bond donors (Lipinski definition) is 1. The van der Waals surface area contributed by atoms with Gasteiger partial charge in [-0.15, -0.1) is 6.58 Å². The summed E-state index contributed by atoms with van der Waals surface area (Å²) in [5, 5.41) is 3.14. The Balaban J connectivity index is 1.70. The lowest BCUT2D eigenvalue weighted by Crippen LogP contribution is -2.56. The molecule has 6 heteroatoms. The van der Waals surface area contributed by atoms with Gasteiger partial charge < -0.3 is 19.9 Å². The van der Waals surface area contributed by atoms with Gasteiger partial charge in [-0.25, -0.2) is 4.79 Å². The lowest BCUT2D eigenvalue weighted by atomic mass is 9.96. The van der Waals surface area contributed by atoms with Gasteiger partial charge in [0, 0.05) is 32.2 Å². The second kappa shape index (κ2) is 9.67. The minimum Gasteiger partial charge on any atom is -0.368 e. The molecule has 1 saturated heterocycles. The molecule has 6 nitrogen and oxygen atoms in total. The van der Waals surface area contributed by atoms with Crippen LogP contribution in [0.15, 0.2) is 12.7 Å². The Kier molecular flexibility index (Phi) is 7.56. The Morgan fingerprint density at radius 3 is 2.42 bits per heavy atom. The smallest absolute Gasteiger partial charge is 0.317 e. The molecular weight excluding hydrogens is 306 g/mol. The van der Waals surface area contributed by atoms with Crippen LogP contribution in [-0.4, -0.2) is 66.7 Å². The second-order valence-corrected chi connectivity index (χ2v) is 6.69. The Morgan fingerprint density at radius 1 is 1.17 bits per heavy atom. The van der Waals surface area contributed by atoms with Gasteiger partial charge in [0.15, 0.2) is 0 Å². The van der Waals surface area contributed by atoms with Crippen LogP contribution in [-0.2, 0) is 9.53 Å². The molecule has 1 N–H and O–H groups in total. The maximum atomic E-state index is 12.3. The highest BCUT2D eigenvalue weighted by atomic mass is 16.5. The summed E-state index contributed by atoms with van der Waals surface area (Å²) in [5.41, 5.74) is 0. The Morgan fingerprint density at radius 2 is 1.79 bits per heavy atom. The summed E-state index contributed by atoms with van der Waals surface area (Å²) in [4.78, 5) is 28.3. The Hall–Kier alpha value is -1.56. The van der Waals surface area contributed by atoms with Crippen molar-refractivity contribution in [3.63, 3.8) is 0 Å². The molecule has 1 heterocycles. The number of amides is 3. The number of carbonyl (C=O) groups excluding carboxylic acids is 2. The third-order valence-corrected chi connectivity index (χ3v) is 4.85. The quantitative estimate of drug-likeness (QED) is 0.597. The molecule has 0 aromatic rings. The van der Waals surface area contributed by atoms with E-state index in [1.807, 2.05) is 4.90 Å². The molecule has 1 atom stereocenters. The van der Waals surface area contributed by atoms with E-state index in [9.17, 15) is 9.59 Å². The minimum absolute atomic E-state index is 0.00593. The van der Waals surface area contributed by atoms with Crippen LogP contribution < -0.4 is 5.32 Å². The fourth-order valence-electron chi connectivity index (χ4n) is 3.30. The summed E-state index contributed by atoms with van der Waals surface area (Å²) in [6, 6.07) is 0.341. The lowest BCUT2D eigenvalue weighted by Gasteiger charge is -2.36. The van der Waals surface area contributed by atoms with Gasteiger partial charge in [-0.2, -0.15) is 0 Å². The molecule has 24 heavy (non-hydrogen) atoms. The van der Waals surface area contributed by atoms with Crippen molar-refractivity contribution < 1.29 is 14.3 Å². The van der Waals surface area contributed by atoms with Crippen molar-refractivity contribution in [2.75, 3.05) is 32.8 Å². The van der Waals surface area contributed by atoms with Crippen LogP contribution in [0.2, 0.25) is 0 Å². The maximum absolute atomic E-state index is 12.3. The first-order valence-electron chi connectivity index (χ1n) is 9.18. The molecular formula is C18H31N3O3. The molecule has 2 rings (SSSR count). The Labute approximate surface area is 145 Å². The van der Waals surface area contributed by atoms with Gasteiger partial charge in [0.2, 0.25) is 0 Å². The first-order chi connectivity index (χ1) is 11.6. The number of carbonyl (C=O) groups is 2. The normalized spacial score (nSPS) is 20.5. The number of ether oxygens (including phenoxy) is 1. The van der Waals surface area contributed by atoms with Gasteiger partial charge in [0.05, 0.1) is 6.61 Å². The minimum atomic E-state index is -0.437. The molecule has 0 bridgehead atoms. The predicted molar refractivity (Wildman–Crippen MR) is 93.8 cm³/mol. The van der Waals surface area contributed by atoms with Gasteiger partial charge in [0.25, 0.3) is 5.91 Å². The van der Waals surface area contributed by atoms with Crippen LogP contribution in [0.25, 0.3) is 0 Å². The molecule has 0 aromatic heterocycles. The van der Waals surface area contributed by atoms with Crippen LogP contribution in [0.4, 0.5) is 4.79 Å². The van der Waals surface area contributed by atoms with E-state index < -0.39 is 6.10 Å². The average Bonchev–Trinajstić information content (AvgIpc) is 2.62. The SMILES string of the molecule is C=CCCOC(C)C(=O)N1CCN(C(=O)NC2CCCCC2)CC1. The van der Waals surface area contributed by atoms with Crippen LogP contribution >= 0.6 is 0 Å². The van der Waals surface area contributed by atoms with Crippen molar-refractivity contribution in [2.24, 2.45) is 0 Å². The molecule has 0 aromatic carbocycles. The van der Waals surface area contributed by atoms with Gasteiger partial charge in [-0.1, -0.05) is 25.3 Å². The summed E-state index contributed by atoms with van der Waals surface area (Å²) >= 11 is 0. The molecule has 1 aliphatic heterocycles. The number of hydrogen-bond acceptors (Lipinski definition) is 3. The van der Waals surface area contributed by atoms with Crippen molar-refractivity contribution >= 4 is 11.9 Å². The highest BCUT2D eigenvalue weighted by Crippen LogP contribution is 2.17. The molecule has 1 aliphatic carbocycles. The highest BCUT2D eigenvalue weighted by Gasteiger charge is 2.28. The molecule has 3 amide bonds. The number of nitrogens with zero attached hydrogens (tertiary/aromatic N) is 2. The van der Waals surface area contributed by atoms with E-state index in [0.717, 1.165) is 19.3 Å². The number of rotatable bonds is 6. The monoisotopic (exact) mass is 337 g/mol. The second-order valence-electron chi connectivity index (χ2n) is 6.69. The van der Waals surface area contributed by atoms with Crippen molar-refractivity contribution in [2.45, 2.75) is 57.6 Å². The van der Waals surface area contributed by atoms with E-state index in [0.29, 0.717) is 38.8 Å². The van der Waals surface area contributed by atoms with E-state index in [2.05, 4.69) is 11.9 Å². The molecule has 0 radical (unpaired) electrons. The maximum Gasteiger partial charge on any atom is 0.317 e. The third kappa shape index (κ3) is 5.51. The standard InChI is InChI=1S/C18H31N3O3/c1-3-4-14-24-15(2)17(22)20-10-12-21(13-11-20)18(23)19-16-8-6-5-7-9-16/h3,15-16H,1,4-14H2,2H3,(H,19,23). The van der Waals surface area contributed by atoms with Gasteiger partial charge in [-0.3, -0.25) is 4.79 Å². The molecule has 136 valence electrons. The number of nitrogens with one attached hydrogen (secondary N) is 1. The van der Waals surface area contributed by atoms with Gasteiger partial charge in [0.1, 0.15) is 6.10 Å². The fourth-order valence-corrected chi connectivity index (χ4v) is 3.30. The third-order valence-electron chi connectivity index (χ3n) is 4.85. The molecule has 2 fully saturated rings. The van der Waals surface area contributed by atoms with Crippen LogP contribution in [0.1, 0.15) is 45.4 Å². The van der Waals surface area contributed by atoms with Crippen molar-refractivity contribution in [1.29, 1.82) is 0 Å². The van der Waals surface area contributed by atoms with Gasteiger partial charge >= 0.3 is 6.03 Å². The first kappa shape index (κ1) is 18.8. The summed E-state index contributed by atoms with van der Waals surface area (Å²) in [5.74, 6) is 0.00593. The molecule has 1 saturated carbocycles. The zero-order chi connectivity index (χ0) is 17.4. The number of urea groups is 1. The Bertz CT molecular complexity index is 427. The van der Waals surface area contributed by atoms with Crippen LogP contribution in [0.3, 0.4) is 0 Å². The lowest BCUT2D eigenvalue weighted by molar-refractivity contribution is -0.144. The fraction of sp³-hybridized carbons (Fsp3) is 0.778. The molecule has 1 unspecified atom stereocenters. The zero-order valence-corrected chi connectivity index (χ0v) is 14.8. The van der Waals surface area contributed by atoms with E-state index in [4.69, 9.17) is 4.74 Å². The summed E-state index contributed by atoms with van der Waals surface area (Å²) in [6.07, 6.45) is 7.95. The average molecular weight is 337 g/mol. The van der Waals surface area contributed by atoms with E-state index in [1.54, 1.807) is 17.9 Å². The summed E-state index contributed by atoms with van der Waals surface area (Å²) in [7, 11) is 0. The molecule has 2 aliphatic rings. The zero-order valence-electron chi connectivity index (χ0n) is 14.8. The van der Waals surface area contributed by atoms with Crippen LogP contribution in [0.5, 0.6) is 0 Å². The van der Waals surface area contributed by atoms with E-state index in [1.165, 1.54) is 19.3 Å². The van der Waals surface area contributed by atoms with E-state index >= 15 is 0 Å². The summed E-state index contributed by atoms with van der Waals surface area (Å²) in [6.45, 7) is 8.26. The van der Waals surface area contributed by atoms with Crippen molar-refractivity contribution in [1.82, 2.24) is 15.1 Å². The first-order valence-corrected chi connectivity index (χ1v) is 9.18. The molecule has 0 spiro atoms. The predicted octanol–water partition coefficient (Wildman–Crippen LogP) is 2.15. The largest absolute Gasteiger partial charge is 0.368 e. The van der Waals surface area contributed by atoms with E-state index in [-0.39, 0.29) is 11.9 Å².